The van der Waals surface area contributed by atoms with Crippen LogP contribution in [0.25, 0.3) is 10.9 Å². The summed E-state index contributed by atoms with van der Waals surface area (Å²) in [4.78, 5) is 43.5. The molecule has 7 nitrogen and oxygen atoms in total. The van der Waals surface area contributed by atoms with Crippen LogP contribution in [-0.2, 0) is 16.0 Å². The summed E-state index contributed by atoms with van der Waals surface area (Å²) in [5, 5.41) is 6.55. The summed E-state index contributed by atoms with van der Waals surface area (Å²) in [5.74, 6) is -0.550. The van der Waals surface area contributed by atoms with E-state index in [1.54, 1.807) is 6.92 Å². The van der Waals surface area contributed by atoms with Gasteiger partial charge in [-0.1, -0.05) is 25.1 Å². The predicted octanol–water partition coefficient (Wildman–Crippen LogP) is 2.76. The summed E-state index contributed by atoms with van der Waals surface area (Å²) in [6.45, 7) is 5.37. The molecular weight excluding hydrogens is 356 g/mol. The molecule has 1 aromatic carbocycles. The summed E-state index contributed by atoms with van der Waals surface area (Å²) in [7, 11) is 0. The number of carbonyl (C=O) groups is 3. The molecule has 2 fully saturated rings. The highest BCUT2D eigenvalue weighted by Crippen LogP contribution is 2.42. The number of hydrogen-bond donors (Lipinski definition) is 2. The molecule has 146 valence electrons. The van der Waals surface area contributed by atoms with Crippen molar-refractivity contribution in [2.45, 2.75) is 45.6 Å². The molecule has 0 bridgehead atoms. The fourth-order valence-corrected chi connectivity index (χ4v) is 4.07. The van der Waals surface area contributed by atoms with E-state index in [0.29, 0.717) is 12.1 Å². The molecule has 4 rings (SSSR count). The minimum absolute atomic E-state index is 0.162. The first-order valence-corrected chi connectivity index (χ1v) is 9.67. The molecular formula is C21H24N4O3. The predicted molar refractivity (Wildman–Crippen MR) is 106 cm³/mol. The number of benzene rings is 1. The van der Waals surface area contributed by atoms with Crippen molar-refractivity contribution in [3.63, 3.8) is 0 Å². The number of hydrogen-bond acceptors (Lipinski definition) is 4. The van der Waals surface area contributed by atoms with Gasteiger partial charge < -0.3 is 10.6 Å². The molecule has 28 heavy (non-hydrogen) atoms. The van der Waals surface area contributed by atoms with Crippen LogP contribution in [0.2, 0.25) is 0 Å². The Hall–Kier alpha value is -2.96. The van der Waals surface area contributed by atoms with Crippen LogP contribution in [0.4, 0.5) is 10.5 Å². The van der Waals surface area contributed by atoms with Crippen molar-refractivity contribution < 1.29 is 14.4 Å². The first-order valence-electron chi connectivity index (χ1n) is 9.67. The van der Waals surface area contributed by atoms with Gasteiger partial charge in [0.2, 0.25) is 5.91 Å². The third-order valence-corrected chi connectivity index (χ3v) is 5.81. The number of aryl methyl sites for hydroxylation is 1. The molecule has 1 aliphatic heterocycles. The van der Waals surface area contributed by atoms with Crippen molar-refractivity contribution in [3.05, 3.63) is 35.5 Å². The zero-order valence-corrected chi connectivity index (χ0v) is 16.3. The van der Waals surface area contributed by atoms with Gasteiger partial charge in [0.15, 0.2) is 0 Å². The highest BCUT2D eigenvalue weighted by molar-refractivity contribution is 6.11. The zero-order valence-electron chi connectivity index (χ0n) is 16.3. The largest absolute Gasteiger partial charge is 0.325 e. The summed E-state index contributed by atoms with van der Waals surface area (Å²) >= 11 is 0. The Morgan fingerprint density at radius 3 is 2.71 bits per heavy atom. The fraction of sp³-hybridized carbons (Fsp3) is 0.429. The third kappa shape index (κ3) is 2.91. The van der Waals surface area contributed by atoms with Crippen molar-refractivity contribution in [1.29, 1.82) is 0 Å². The topological polar surface area (TPSA) is 91.4 Å². The number of fused-ring (bicyclic) bond motifs is 1. The summed E-state index contributed by atoms with van der Waals surface area (Å²) in [6, 6.07) is 7.11. The van der Waals surface area contributed by atoms with Crippen LogP contribution in [0, 0.1) is 12.8 Å². The second-order valence-corrected chi connectivity index (χ2v) is 7.77. The van der Waals surface area contributed by atoms with Crippen LogP contribution in [0.15, 0.2) is 24.3 Å². The number of amides is 4. The van der Waals surface area contributed by atoms with E-state index in [2.05, 4.69) is 15.6 Å². The number of nitrogens with zero attached hydrogens (tertiary/aromatic N) is 2. The molecule has 7 heteroatoms. The van der Waals surface area contributed by atoms with Crippen LogP contribution in [-0.4, -0.2) is 39.8 Å². The Kier molecular flexibility index (Phi) is 4.33. The molecule has 0 radical (unpaired) electrons. The van der Waals surface area contributed by atoms with Crippen LogP contribution < -0.4 is 10.6 Å². The van der Waals surface area contributed by atoms with Crippen molar-refractivity contribution in [3.8, 4) is 0 Å². The van der Waals surface area contributed by atoms with E-state index >= 15 is 0 Å². The van der Waals surface area contributed by atoms with Crippen molar-refractivity contribution in [1.82, 2.24) is 15.2 Å². The summed E-state index contributed by atoms with van der Waals surface area (Å²) < 4.78 is 0. The highest BCUT2D eigenvalue weighted by Gasteiger charge is 2.56. The molecule has 1 aromatic heterocycles. The third-order valence-electron chi connectivity index (χ3n) is 5.81. The van der Waals surface area contributed by atoms with E-state index in [1.165, 1.54) is 0 Å². The molecule has 2 aliphatic rings. The van der Waals surface area contributed by atoms with Crippen LogP contribution >= 0.6 is 0 Å². The van der Waals surface area contributed by atoms with Gasteiger partial charge in [-0.2, -0.15) is 0 Å². The minimum Gasteiger partial charge on any atom is -0.324 e. The van der Waals surface area contributed by atoms with Gasteiger partial charge in [0.05, 0.1) is 11.2 Å². The highest BCUT2D eigenvalue weighted by atomic mass is 16.2. The standard InChI is InChI=1S/C21H24N4O3/c1-4-14-12(2)22-16-8-6-5-7-15(16)18(14)23-17(26)11-25-19(27)21(3,13-9-10-13)24-20(25)28/h5-8,13H,4,9-11H2,1-3H3,(H,24,28)(H,22,23,26)/t21-/m1/s1. The Labute approximate surface area is 163 Å². The number of nitrogens with one attached hydrogen (secondary N) is 2. The number of urea groups is 1. The van der Waals surface area contributed by atoms with Gasteiger partial charge in [-0.3, -0.25) is 19.5 Å². The number of rotatable bonds is 5. The van der Waals surface area contributed by atoms with E-state index in [4.69, 9.17) is 0 Å². The molecule has 1 atom stereocenters. The number of imide groups is 1. The van der Waals surface area contributed by atoms with Gasteiger partial charge in [0.1, 0.15) is 12.1 Å². The van der Waals surface area contributed by atoms with E-state index in [0.717, 1.165) is 39.9 Å². The Balaban J connectivity index is 1.59. The average molecular weight is 380 g/mol. The van der Waals surface area contributed by atoms with Crippen molar-refractivity contribution >= 4 is 34.4 Å². The smallest absolute Gasteiger partial charge is 0.324 e. The lowest BCUT2D eigenvalue weighted by atomic mass is 9.96. The Morgan fingerprint density at radius 1 is 1.32 bits per heavy atom. The first-order chi connectivity index (χ1) is 13.3. The average Bonchev–Trinajstić information content (AvgIpc) is 3.48. The van der Waals surface area contributed by atoms with Crippen LogP contribution in [0.3, 0.4) is 0 Å². The lowest BCUT2D eigenvalue weighted by Gasteiger charge is -2.21. The number of para-hydroxylation sites is 1. The first kappa shape index (κ1) is 18.4. The molecule has 0 unspecified atom stereocenters. The van der Waals surface area contributed by atoms with Gasteiger partial charge in [0, 0.05) is 11.1 Å². The summed E-state index contributed by atoms with van der Waals surface area (Å²) in [6.07, 6.45) is 2.55. The zero-order chi connectivity index (χ0) is 20.1. The van der Waals surface area contributed by atoms with Gasteiger partial charge >= 0.3 is 6.03 Å². The molecule has 1 saturated carbocycles. The summed E-state index contributed by atoms with van der Waals surface area (Å²) in [5.41, 5.74) is 2.42. The van der Waals surface area contributed by atoms with Gasteiger partial charge in [-0.05, 0) is 50.7 Å². The Morgan fingerprint density at radius 2 is 2.04 bits per heavy atom. The van der Waals surface area contributed by atoms with Gasteiger partial charge in [-0.25, -0.2) is 4.79 Å². The van der Waals surface area contributed by atoms with E-state index in [-0.39, 0.29) is 18.4 Å². The SMILES string of the molecule is CCc1c(C)nc2ccccc2c1NC(=O)CN1C(=O)N[C@](C)(C2CC2)C1=O. The number of carbonyl (C=O) groups excluding carboxylic acids is 3. The van der Waals surface area contributed by atoms with E-state index in [1.807, 2.05) is 38.1 Å². The van der Waals surface area contributed by atoms with Crippen molar-refractivity contribution in [2.75, 3.05) is 11.9 Å². The van der Waals surface area contributed by atoms with Crippen molar-refractivity contribution in [2.24, 2.45) is 5.92 Å². The molecule has 2 N–H and O–H groups in total. The van der Waals surface area contributed by atoms with E-state index in [9.17, 15) is 14.4 Å². The van der Waals surface area contributed by atoms with Crippen LogP contribution in [0.1, 0.15) is 37.9 Å². The second kappa shape index (κ2) is 6.58. The number of anilines is 1. The maximum atomic E-state index is 12.8. The second-order valence-electron chi connectivity index (χ2n) is 7.77. The van der Waals surface area contributed by atoms with Gasteiger partial charge in [0.25, 0.3) is 5.91 Å². The molecule has 0 spiro atoms. The maximum absolute atomic E-state index is 12.8. The molecule has 4 amide bonds. The number of pyridine rings is 1. The molecule has 1 saturated heterocycles. The lowest BCUT2D eigenvalue weighted by molar-refractivity contribution is -0.134. The number of aromatic nitrogens is 1. The molecule has 2 aromatic rings. The fourth-order valence-electron chi connectivity index (χ4n) is 4.07. The molecule has 2 heterocycles. The normalized spacial score (nSPS) is 21.9. The Bertz CT molecular complexity index is 999. The minimum atomic E-state index is -0.883. The quantitative estimate of drug-likeness (QED) is 0.781. The molecule has 1 aliphatic carbocycles. The monoisotopic (exact) mass is 380 g/mol. The van der Waals surface area contributed by atoms with E-state index < -0.39 is 17.5 Å². The van der Waals surface area contributed by atoms with Gasteiger partial charge in [-0.15, -0.1) is 0 Å². The van der Waals surface area contributed by atoms with Crippen LogP contribution in [0.5, 0.6) is 0 Å². The lowest BCUT2D eigenvalue weighted by Crippen LogP contribution is -2.46. The maximum Gasteiger partial charge on any atom is 0.325 e.